The predicted molar refractivity (Wildman–Crippen MR) is 120 cm³/mol. The molecule has 0 spiro atoms. The smallest absolute Gasteiger partial charge is 0.270 e. The minimum absolute atomic E-state index is 0.108. The number of rotatable bonds is 7. The van der Waals surface area contributed by atoms with Crippen molar-refractivity contribution in [3.63, 3.8) is 0 Å². The molecule has 0 aromatic heterocycles. The third kappa shape index (κ3) is 4.56. The minimum Gasteiger partial charge on any atom is -0.493 e. The van der Waals surface area contributed by atoms with E-state index in [0.717, 1.165) is 29.7 Å². The number of thioether (sulfide) groups is 1. The SMILES string of the molecule is CCCCOc1ccc(/C=C2/SC(=S)N(c3cccc(C)c3)C2=O)cc1OC. The Bertz CT molecular complexity index is 924. The Labute approximate surface area is 175 Å². The summed E-state index contributed by atoms with van der Waals surface area (Å²) in [6, 6.07) is 13.4. The Kier molecular flexibility index (Phi) is 6.75. The van der Waals surface area contributed by atoms with Crippen LogP contribution in [0, 0.1) is 6.92 Å². The highest BCUT2D eigenvalue weighted by Crippen LogP contribution is 2.37. The fourth-order valence-electron chi connectivity index (χ4n) is 2.83. The van der Waals surface area contributed by atoms with E-state index in [-0.39, 0.29) is 5.91 Å². The van der Waals surface area contributed by atoms with Gasteiger partial charge in [0.25, 0.3) is 5.91 Å². The van der Waals surface area contributed by atoms with Crippen LogP contribution in [0.1, 0.15) is 30.9 Å². The van der Waals surface area contributed by atoms with Gasteiger partial charge in [-0.25, -0.2) is 0 Å². The van der Waals surface area contributed by atoms with E-state index < -0.39 is 0 Å². The zero-order valence-electron chi connectivity index (χ0n) is 16.2. The van der Waals surface area contributed by atoms with Gasteiger partial charge in [-0.2, -0.15) is 0 Å². The van der Waals surface area contributed by atoms with Gasteiger partial charge in [0, 0.05) is 0 Å². The molecule has 1 heterocycles. The van der Waals surface area contributed by atoms with Crippen LogP contribution in [0.25, 0.3) is 6.08 Å². The van der Waals surface area contributed by atoms with Crippen molar-refractivity contribution in [2.45, 2.75) is 26.7 Å². The summed E-state index contributed by atoms with van der Waals surface area (Å²) < 4.78 is 11.8. The first kappa shape index (κ1) is 20.4. The molecule has 0 atom stereocenters. The predicted octanol–water partition coefficient (Wildman–Crippen LogP) is 5.59. The van der Waals surface area contributed by atoms with Crippen molar-refractivity contribution in [1.29, 1.82) is 0 Å². The molecule has 0 N–H and O–H groups in total. The van der Waals surface area contributed by atoms with E-state index in [1.807, 2.05) is 55.5 Å². The molecule has 3 rings (SSSR count). The summed E-state index contributed by atoms with van der Waals surface area (Å²) >= 11 is 6.76. The second-order valence-corrected chi connectivity index (χ2v) is 8.14. The van der Waals surface area contributed by atoms with Crippen molar-refractivity contribution in [3.8, 4) is 11.5 Å². The first-order valence-corrected chi connectivity index (χ1v) is 10.4. The van der Waals surface area contributed by atoms with Gasteiger partial charge in [0.15, 0.2) is 15.8 Å². The monoisotopic (exact) mass is 413 g/mol. The molecule has 0 aliphatic carbocycles. The third-order valence-electron chi connectivity index (χ3n) is 4.29. The Hall–Kier alpha value is -2.31. The molecule has 2 aromatic carbocycles. The Morgan fingerprint density at radius 2 is 2.00 bits per heavy atom. The van der Waals surface area contributed by atoms with Crippen LogP contribution in [0.4, 0.5) is 5.69 Å². The maximum atomic E-state index is 12.9. The molecule has 1 aliphatic rings. The Morgan fingerprint density at radius 3 is 2.71 bits per heavy atom. The lowest BCUT2D eigenvalue weighted by Gasteiger charge is -2.14. The Morgan fingerprint density at radius 1 is 1.18 bits per heavy atom. The van der Waals surface area contributed by atoms with E-state index in [4.69, 9.17) is 21.7 Å². The second-order valence-electron chi connectivity index (χ2n) is 6.47. The summed E-state index contributed by atoms with van der Waals surface area (Å²) in [5.74, 6) is 1.25. The highest BCUT2D eigenvalue weighted by molar-refractivity contribution is 8.27. The van der Waals surface area contributed by atoms with Gasteiger partial charge in [-0.15, -0.1) is 0 Å². The topological polar surface area (TPSA) is 38.8 Å². The average Bonchev–Trinajstić information content (AvgIpc) is 2.96. The molecule has 6 heteroatoms. The normalized spacial score (nSPS) is 15.4. The minimum atomic E-state index is -0.108. The van der Waals surface area contributed by atoms with Gasteiger partial charge in [0.1, 0.15) is 0 Å². The number of carbonyl (C=O) groups excluding carboxylic acids is 1. The lowest BCUT2D eigenvalue weighted by molar-refractivity contribution is -0.113. The maximum absolute atomic E-state index is 12.9. The number of hydrogen-bond acceptors (Lipinski definition) is 5. The first-order valence-electron chi connectivity index (χ1n) is 9.19. The van der Waals surface area contributed by atoms with Gasteiger partial charge in [-0.05, 0) is 54.8 Å². The van der Waals surface area contributed by atoms with Crippen molar-refractivity contribution < 1.29 is 14.3 Å². The van der Waals surface area contributed by atoms with E-state index in [1.54, 1.807) is 12.0 Å². The van der Waals surface area contributed by atoms with Gasteiger partial charge in [-0.1, -0.05) is 55.5 Å². The van der Waals surface area contributed by atoms with E-state index in [1.165, 1.54) is 11.8 Å². The fraction of sp³-hybridized carbons (Fsp3) is 0.273. The lowest BCUT2D eigenvalue weighted by atomic mass is 10.1. The van der Waals surface area contributed by atoms with Crippen molar-refractivity contribution in [3.05, 3.63) is 58.5 Å². The lowest BCUT2D eigenvalue weighted by Crippen LogP contribution is -2.27. The molecule has 0 saturated carbocycles. The van der Waals surface area contributed by atoms with Gasteiger partial charge in [0.2, 0.25) is 0 Å². The van der Waals surface area contributed by atoms with Crippen LogP contribution in [-0.4, -0.2) is 23.9 Å². The summed E-state index contributed by atoms with van der Waals surface area (Å²) in [6.07, 6.45) is 3.91. The average molecular weight is 414 g/mol. The van der Waals surface area contributed by atoms with Gasteiger partial charge >= 0.3 is 0 Å². The molecule has 1 amide bonds. The van der Waals surface area contributed by atoms with Crippen molar-refractivity contribution in [2.75, 3.05) is 18.6 Å². The number of carbonyl (C=O) groups is 1. The number of nitrogens with zero attached hydrogens (tertiary/aromatic N) is 1. The van der Waals surface area contributed by atoms with Gasteiger partial charge in [0.05, 0.1) is 24.3 Å². The molecule has 0 radical (unpaired) electrons. The molecule has 1 fully saturated rings. The molecular formula is C22H23NO3S2. The highest BCUT2D eigenvalue weighted by atomic mass is 32.2. The molecule has 1 saturated heterocycles. The number of benzene rings is 2. The molecule has 28 heavy (non-hydrogen) atoms. The second kappa shape index (κ2) is 9.26. The van der Waals surface area contributed by atoms with Crippen LogP contribution in [0.3, 0.4) is 0 Å². The molecular weight excluding hydrogens is 390 g/mol. The van der Waals surface area contributed by atoms with Crippen molar-refractivity contribution in [1.82, 2.24) is 0 Å². The zero-order chi connectivity index (χ0) is 20.1. The number of aryl methyl sites for hydroxylation is 1. The summed E-state index contributed by atoms with van der Waals surface area (Å²) in [5, 5.41) is 0. The summed E-state index contributed by atoms with van der Waals surface area (Å²) in [7, 11) is 1.61. The van der Waals surface area contributed by atoms with Crippen molar-refractivity contribution in [2.24, 2.45) is 0 Å². The van der Waals surface area contributed by atoms with Gasteiger partial charge < -0.3 is 9.47 Å². The van der Waals surface area contributed by atoms with Crippen molar-refractivity contribution >= 4 is 46.0 Å². The molecule has 1 aliphatic heterocycles. The highest BCUT2D eigenvalue weighted by Gasteiger charge is 2.33. The zero-order valence-corrected chi connectivity index (χ0v) is 17.9. The quantitative estimate of drug-likeness (QED) is 0.336. The largest absolute Gasteiger partial charge is 0.493 e. The number of thiocarbonyl (C=S) groups is 1. The van der Waals surface area contributed by atoms with Crippen LogP contribution in [0.2, 0.25) is 0 Å². The number of ether oxygens (including phenoxy) is 2. The van der Waals surface area contributed by atoms with Crippen LogP contribution in [0.15, 0.2) is 47.4 Å². The molecule has 2 aromatic rings. The van der Waals surface area contributed by atoms with E-state index in [2.05, 4.69) is 6.92 Å². The standard InChI is InChI=1S/C22H23NO3S2/c1-4-5-11-26-18-10-9-16(13-19(18)25-3)14-20-21(24)23(22(27)28-20)17-8-6-7-15(2)12-17/h6-10,12-14H,4-5,11H2,1-3H3/b20-14+. The van der Waals surface area contributed by atoms with Crippen LogP contribution < -0.4 is 14.4 Å². The van der Waals surface area contributed by atoms with Crippen LogP contribution in [0.5, 0.6) is 11.5 Å². The van der Waals surface area contributed by atoms with Crippen LogP contribution in [-0.2, 0) is 4.79 Å². The summed E-state index contributed by atoms with van der Waals surface area (Å²) in [4.78, 5) is 15.1. The number of anilines is 1. The number of methoxy groups -OCH3 is 1. The van der Waals surface area contributed by atoms with Crippen LogP contribution >= 0.6 is 24.0 Å². The van der Waals surface area contributed by atoms with E-state index in [0.29, 0.717) is 27.3 Å². The number of unbranched alkanes of at least 4 members (excludes halogenated alkanes) is 1. The third-order valence-corrected chi connectivity index (χ3v) is 5.60. The summed E-state index contributed by atoms with van der Waals surface area (Å²) in [6.45, 7) is 4.77. The van der Waals surface area contributed by atoms with E-state index >= 15 is 0 Å². The Balaban J connectivity index is 1.83. The molecule has 0 unspecified atom stereocenters. The summed E-state index contributed by atoms with van der Waals surface area (Å²) in [5.41, 5.74) is 2.74. The van der Waals surface area contributed by atoms with Gasteiger partial charge in [-0.3, -0.25) is 9.69 Å². The number of amides is 1. The fourth-order valence-corrected chi connectivity index (χ4v) is 4.13. The van der Waals surface area contributed by atoms with E-state index in [9.17, 15) is 4.79 Å². The first-order chi connectivity index (χ1) is 13.5. The molecule has 4 nitrogen and oxygen atoms in total. The maximum Gasteiger partial charge on any atom is 0.270 e. The molecule has 146 valence electrons. The molecule has 0 bridgehead atoms. The number of hydrogen-bond donors (Lipinski definition) is 0.